The van der Waals surface area contributed by atoms with Gasteiger partial charge in [0.2, 0.25) is 0 Å². The van der Waals surface area contributed by atoms with Crippen LogP contribution >= 0.6 is 11.6 Å². The molecule has 1 heterocycles. The van der Waals surface area contributed by atoms with Gasteiger partial charge in [-0.1, -0.05) is 54.9 Å². The van der Waals surface area contributed by atoms with Crippen LogP contribution in [0.15, 0.2) is 42.5 Å². The van der Waals surface area contributed by atoms with Crippen LogP contribution in [-0.2, 0) is 20.6 Å². The molecule has 1 fully saturated rings. The van der Waals surface area contributed by atoms with E-state index < -0.39 is 24.4 Å². The number of hydrogen-bond donors (Lipinski definition) is 2. The van der Waals surface area contributed by atoms with Crippen LogP contribution in [0, 0.1) is 0 Å². The quantitative estimate of drug-likeness (QED) is 0.549. The molecule has 0 aliphatic carbocycles. The third-order valence-corrected chi connectivity index (χ3v) is 5.85. The first-order chi connectivity index (χ1) is 15.9. The molecule has 178 valence electrons. The zero-order valence-corrected chi connectivity index (χ0v) is 19.5. The summed E-state index contributed by atoms with van der Waals surface area (Å²) >= 11 is 6.67. The molecule has 1 aliphatic heterocycles. The molecule has 0 aromatic heterocycles. The molecule has 2 aromatic rings. The van der Waals surface area contributed by atoms with Gasteiger partial charge in [-0.2, -0.15) is 0 Å². The zero-order chi connectivity index (χ0) is 23.8. The molecule has 8 nitrogen and oxygen atoms in total. The highest BCUT2D eigenvalue weighted by Crippen LogP contribution is 2.39. The van der Waals surface area contributed by atoms with Crippen molar-refractivity contribution in [2.75, 3.05) is 40.0 Å². The molecular formula is C24H29ClN2O6. The summed E-state index contributed by atoms with van der Waals surface area (Å²) in [6, 6.07) is 13.7. The van der Waals surface area contributed by atoms with Crippen LogP contribution < -0.4 is 5.32 Å². The lowest BCUT2D eigenvalue weighted by atomic mass is 9.92. The molecule has 0 spiro atoms. The molecule has 0 saturated carbocycles. The number of carbonyl (C=O) groups excluding carboxylic acids is 1. The Balaban J connectivity index is 1.96. The van der Waals surface area contributed by atoms with Crippen molar-refractivity contribution < 1.29 is 28.9 Å². The first-order valence-electron chi connectivity index (χ1n) is 10.8. The Kier molecular flexibility index (Phi) is 8.94. The smallest absolute Gasteiger partial charge is 0.407 e. The Hall–Kier alpha value is -2.81. The highest BCUT2D eigenvalue weighted by atomic mass is 35.5. The van der Waals surface area contributed by atoms with E-state index >= 15 is 0 Å². The van der Waals surface area contributed by atoms with Crippen LogP contribution in [-0.4, -0.2) is 68.3 Å². The van der Waals surface area contributed by atoms with Gasteiger partial charge >= 0.3 is 12.2 Å². The number of rotatable bonds is 8. The maximum absolute atomic E-state index is 11.6. The van der Waals surface area contributed by atoms with Gasteiger partial charge in [0.1, 0.15) is 12.2 Å². The van der Waals surface area contributed by atoms with E-state index in [2.05, 4.69) is 29.1 Å². The monoisotopic (exact) mass is 476 g/mol. The molecule has 2 aromatic carbocycles. The molecule has 1 saturated heterocycles. The number of nitrogens with one attached hydrogen (secondary N) is 1. The first kappa shape index (κ1) is 24.8. The number of morpholine rings is 1. The summed E-state index contributed by atoms with van der Waals surface area (Å²) in [4.78, 5) is 24.3. The molecular weight excluding hydrogens is 448 g/mol. The molecule has 2 N–H and O–H groups in total. The molecule has 1 aliphatic rings. The lowest BCUT2D eigenvalue weighted by Crippen LogP contribution is -2.48. The summed E-state index contributed by atoms with van der Waals surface area (Å²) in [5.41, 5.74) is 3.73. The van der Waals surface area contributed by atoms with Crippen LogP contribution in [0.1, 0.15) is 24.2 Å². The number of carboxylic acid groups (broad SMARTS) is 1. The van der Waals surface area contributed by atoms with Crippen LogP contribution in [0.25, 0.3) is 11.1 Å². The lowest BCUT2D eigenvalue weighted by molar-refractivity contribution is -0.107. The number of amides is 2. The van der Waals surface area contributed by atoms with Crippen molar-refractivity contribution in [3.63, 3.8) is 0 Å². The second kappa shape index (κ2) is 11.9. The summed E-state index contributed by atoms with van der Waals surface area (Å²) in [5.74, 6) is 0. The van der Waals surface area contributed by atoms with E-state index in [0.717, 1.165) is 23.1 Å². The van der Waals surface area contributed by atoms with Crippen LogP contribution in [0.3, 0.4) is 0 Å². The highest BCUT2D eigenvalue weighted by molar-refractivity contribution is 6.33. The van der Waals surface area contributed by atoms with Gasteiger partial charge in [-0.3, -0.25) is 0 Å². The van der Waals surface area contributed by atoms with Crippen LogP contribution in [0.4, 0.5) is 9.59 Å². The maximum atomic E-state index is 11.6. The van der Waals surface area contributed by atoms with Crippen molar-refractivity contribution in [3.8, 4) is 11.1 Å². The first-order valence-corrected chi connectivity index (χ1v) is 11.2. The Morgan fingerprint density at radius 2 is 2.09 bits per heavy atom. The van der Waals surface area contributed by atoms with Crippen molar-refractivity contribution in [1.29, 1.82) is 0 Å². The predicted molar refractivity (Wildman–Crippen MR) is 125 cm³/mol. The Labute approximate surface area is 198 Å². The molecule has 2 amide bonds. The molecule has 3 rings (SSSR count). The standard InChI is InChI=1S/C24H29ClN2O6/c1-3-16-6-4-7-17(14-16)21-18(8-5-9-19(21)25)22(33-12-10-26-23(28)31-2)20-15-27(24(29)30)11-13-32-20/h4-9,14,20,22H,3,10-13,15H2,1-2H3,(H,26,28)(H,29,30)/t20-,22?/m1/s1. The van der Waals surface area contributed by atoms with Gasteiger partial charge in [-0.25, -0.2) is 9.59 Å². The third kappa shape index (κ3) is 6.37. The van der Waals surface area contributed by atoms with E-state index in [-0.39, 0.29) is 26.3 Å². The average Bonchev–Trinajstić information content (AvgIpc) is 2.83. The molecule has 33 heavy (non-hydrogen) atoms. The number of nitrogens with zero attached hydrogens (tertiary/aromatic N) is 1. The topological polar surface area (TPSA) is 97.3 Å². The number of halogens is 1. The number of carbonyl (C=O) groups is 2. The SMILES string of the molecule is CCc1cccc(-c2c(Cl)cccc2C(OCCNC(=O)OC)[C@H]2CN(C(=O)O)CCO2)c1. The Morgan fingerprint density at radius 3 is 2.82 bits per heavy atom. The predicted octanol–water partition coefficient (Wildman–Crippen LogP) is 4.36. The van der Waals surface area contributed by atoms with E-state index in [1.807, 2.05) is 30.3 Å². The number of ether oxygens (including phenoxy) is 3. The summed E-state index contributed by atoms with van der Waals surface area (Å²) in [6.07, 6.45) is -1.83. The van der Waals surface area contributed by atoms with Crippen LogP contribution in [0.2, 0.25) is 5.02 Å². The van der Waals surface area contributed by atoms with Crippen LogP contribution in [0.5, 0.6) is 0 Å². The van der Waals surface area contributed by atoms with Gasteiger partial charge in [0.15, 0.2) is 0 Å². The van der Waals surface area contributed by atoms with Gasteiger partial charge in [-0.15, -0.1) is 0 Å². The van der Waals surface area contributed by atoms with E-state index in [9.17, 15) is 14.7 Å². The summed E-state index contributed by atoms with van der Waals surface area (Å²) < 4.78 is 16.7. The minimum absolute atomic E-state index is 0.158. The van der Waals surface area contributed by atoms with E-state index in [1.165, 1.54) is 17.6 Å². The number of benzene rings is 2. The van der Waals surface area contributed by atoms with E-state index in [1.54, 1.807) is 0 Å². The fourth-order valence-electron chi connectivity index (χ4n) is 3.87. The summed E-state index contributed by atoms with van der Waals surface area (Å²) in [7, 11) is 1.29. The van der Waals surface area contributed by atoms with E-state index in [0.29, 0.717) is 11.6 Å². The Bertz CT molecular complexity index is 970. The number of methoxy groups -OCH3 is 1. The largest absolute Gasteiger partial charge is 0.465 e. The zero-order valence-electron chi connectivity index (χ0n) is 18.8. The average molecular weight is 477 g/mol. The van der Waals surface area contributed by atoms with Gasteiger partial charge in [0.05, 0.1) is 26.9 Å². The van der Waals surface area contributed by atoms with Gasteiger partial charge in [0, 0.05) is 23.7 Å². The van der Waals surface area contributed by atoms with Gasteiger partial charge in [-0.05, 0) is 29.2 Å². The minimum atomic E-state index is -1.00. The summed E-state index contributed by atoms with van der Waals surface area (Å²) in [5, 5.41) is 12.6. The fourth-order valence-corrected chi connectivity index (χ4v) is 4.16. The number of hydrogen-bond acceptors (Lipinski definition) is 5. The number of aryl methyl sites for hydroxylation is 1. The Morgan fingerprint density at radius 1 is 1.30 bits per heavy atom. The highest BCUT2D eigenvalue weighted by Gasteiger charge is 2.34. The number of alkyl carbamates (subject to hydrolysis) is 1. The minimum Gasteiger partial charge on any atom is -0.465 e. The molecule has 9 heteroatoms. The molecule has 0 radical (unpaired) electrons. The normalized spacial score (nSPS) is 16.8. The van der Waals surface area contributed by atoms with E-state index in [4.69, 9.17) is 21.1 Å². The molecule has 2 atom stereocenters. The van der Waals surface area contributed by atoms with Crippen molar-refractivity contribution in [3.05, 3.63) is 58.6 Å². The van der Waals surface area contributed by atoms with Crippen molar-refractivity contribution in [2.24, 2.45) is 0 Å². The second-order valence-electron chi connectivity index (χ2n) is 7.61. The second-order valence-corrected chi connectivity index (χ2v) is 8.01. The molecule has 0 bridgehead atoms. The van der Waals surface area contributed by atoms with Crippen molar-refractivity contribution >= 4 is 23.8 Å². The molecule has 1 unspecified atom stereocenters. The van der Waals surface area contributed by atoms with Gasteiger partial charge < -0.3 is 29.5 Å². The lowest BCUT2D eigenvalue weighted by Gasteiger charge is -2.36. The third-order valence-electron chi connectivity index (χ3n) is 5.53. The van der Waals surface area contributed by atoms with Crippen molar-refractivity contribution in [2.45, 2.75) is 25.6 Å². The fraction of sp³-hybridized carbons (Fsp3) is 0.417. The van der Waals surface area contributed by atoms with Crippen molar-refractivity contribution in [1.82, 2.24) is 10.2 Å². The summed E-state index contributed by atoms with van der Waals surface area (Å²) in [6.45, 7) is 3.20. The maximum Gasteiger partial charge on any atom is 0.407 e. The van der Waals surface area contributed by atoms with Gasteiger partial charge in [0.25, 0.3) is 0 Å².